The zero-order chi connectivity index (χ0) is 16.0. The van der Waals surface area contributed by atoms with Crippen LogP contribution in [0.5, 0.6) is 0 Å². The van der Waals surface area contributed by atoms with Crippen LogP contribution in [-0.2, 0) is 9.59 Å². The Morgan fingerprint density at radius 3 is 2.33 bits per heavy atom. The lowest BCUT2D eigenvalue weighted by atomic mass is 10.1. The van der Waals surface area contributed by atoms with Crippen LogP contribution in [0.2, 0.25) is 0 Å². The minimum atomic E-state index is -0.669. The number of carbonyl (C=O) groups excluding carboxylic acids is 2. The number of carbonyl (C=O) groups is 2. The maximum atomic E-state index is 11.6. The Balaban J connectivity index is 2.47. The predicted molar refractivity (Wildman–Crippen MR) is 77.5 cm³/mol. The lowest BCUT2D eigenvalue weighted by molar-refractivity contribution is -0.384. The number of nitrogens with two attached hydrogens (primary N) is 1. The van der Waals surface area contributed by atoms with Gasteiger partial charge in [0, 0.05) is 17.8 Å². The van der Waals surface area contributed by atoms with Crippen molar-refractivity contribution < 1.29 is 14.5 Å². The van der Waals surface area contributed by atoms with Crippen molar-refractivity contribution in [3.63, 3.8) is 0 Å². The van der Waals surface area contributed by atoms with E-state index in [2.05, 4.69) is 10.6 Å². The van der Waals surface area contributed by atoms with E-state index in [1.54, 1.807) is 13.8 Å². The smallest absolute Gasteiger partial charge is 0.269 e. The number of benzene rings is 1. The molecule has 0 spiro atoms. The van der Waals surface area contributed by atoms with Gasteiger partial charge in [-0.2, -0.15) is 0 Å². The molecule has 1 aromatic rings. The Bertz CT molecular complexity index is 527. The van der Waals surface area contributed by atoms with E-state index in [9.17, 15) is 19.7 Å². The van der Waals surface area contributed by atoms with E-state index in [4.69, 9.17) is 5.73 Å². The van der Waals surface area contributed by atoms with Gasteiger partial charge in [-0.25, -0.2) is 0 Å². The number of nitro groups is 1. The number of nitrogens with zero attached hydrogens (tertiary/aromatic N) is 1. The van der Waals surface area contributed by atoms with E-state index in [-0.39, 0.29) is 18.2 Å². The second-order valence-electron chi connectivity index (χ2n) is 4.84. The van der Waals surface area contributed by atoms with Crippen molar-refractivity contribution in [1.29, 1.82) is 0 Å². The van der Waals surface area contributed by atoms with Crippen molar-refractivity contribution >= 4 is 23.2 Å². The quantitative estimate of drug-likeness (QED) is 0.524. The van der Waals surface area contributed by atoms with Crippen LogP contribution in [0.25, 0.3) is 0 Å². The molecular formula is C13H18N4O4. The fourth-order valence-corrected chi connectivity index (χ4v) is 1.46. The molecule has 0 aliphatic heterocycles. The number of amides is 2. The normalized spacial score (nSPS) is 11.8. The molecule has 0 saturated carbocycles. The van der Waals surface area contributed by atoms with Crippen molar-refractivity contribution in [2.75, 3.05) is 11.9 Å². The summed E-state index contributed by atoms with van der Waals surface area (Å²) >= 11 is 0. The Hall–Kier alpha value is -2.48. The molecule has 8 heteroatoms. The summed E-state index contributed by atoms with van der Waals surface area (Å²) in [6, 6.07) is 4.72. The van der Waals surface area contributed by atoms with E-state index in [0.717, 1.165) is 0 Å². The first-order valence-corrected chi connectivity index (χ1v) is 6.39. The molecule has 0 aliphatic rings. The average molecular weight is 294 g/mol. The van der Waals surface area contributed by atoms with E-state index < -0.39 is 22.8 Å². The molecule has 1 rings (SSSR count). The topological polar surface area (TPSA) is 127 Å². The highest BCUT2D eigenvalue weighted by atomic mass is 16.6. The van der Waals surface area contributed by atoms with Crippen molar-refractivity contribution in [3.8, 4) is 0 Å². The number of non-ortho nitro benzene ring substituents is 1. The highest BCUT2D eigenvalue weighted by Gasteiger charge is 2.17. The predicted octanol–water partition coefficient (Wildman–Crippen LogP) is 0.633. The standard InChI is InChI=1S/C13H18N4O4/c1-8(2)12(14)13(19)15-7-11(18)16-9-3-5-10(6-4-9)17(20)21/h3-6,8,12H,7,14H2,1-2H3,(H,15,19)(H,16,18)/t12-/m0/s1. The molecule has 0 aliphatic carbocycles. The third-order valence-corrected chi connectivity index (χ3v) is 2.81. The first-order chi connectivity index (χ1) is 9.81. The summed E-state index contributed by atoms with van der Waals surface area (Å²) in [5.41, 5.74) is 5.98. The third kappa shape index (κ3) is 5.19. The minimum absolute atomic E-state index is 0.0252. The largest absolute Gasteiger partial charge is 0.346 e. The SMILES string of the molecule is CC(C)[C@H](N)C(=O)NCC(=O)Nc1ccc([N+](=O)[O-])cc1. The van der Waals surface area contributed by atoms with Crippen LogP contribution < -0.4 is 16.4 Å². The summed E-state index contributed by atoms with van der Waals surface area (Å²) < 4.78 is 0. The van der Waals surface area contributed by atoms with Gasteiger partial charge >= 0.3 is 0 Å². The third-order valence-electron chi connectivity index (χ3n) is 2.81. The van der Waals surface area contributed by atoms with Gasteiger partial charge in [-0.05, 0) is 18.1 Å². The van der Waals surface area contributed by atoms with Gasteiger partial charge in [0.2, 0.25) is 11.8 Å². The van der Waals surface area contributed by atoms with E-state index >= 15 is 0 Å². The van der Waals surface area contributed by atoms with Crippen LogP contribution in [0.15, 0.2) is 24.3 Å². The lowest BCUT2D eigenvalue weighted by Crippen LogP contribution is -2.46. The number of nitro benzene ring substituents is 1. The van der Waals surface area contributed by atoms with Gasteiger partial charge < -0.3 is 16.4 Å². The zero-order valence-electron chi connectivity index (χ0n) is 11.8. The van der Waals surface area contributed by atoms with Crippen molar-refractivity contribution in [1.82, 2.24) is 5.32 Å². The second kappa shape index (κ2) is 7.34. The molecule has 1 atom stereocenters. The van der Waals surface area contributed by atoms with Crippen LogP contribution in [0, 0.1) is 16.0 Å². The molecule has 2 amide bonds. The number of hydrogen-bond donors (Lipinski definition) is 3. The maximum absolute atomic E-state index is 11.6. The fraction of sp³-hybridized carbons (Fsp3) is 0.385. The van der Waals surface area contributed by atoms with Crippen molar-refractivity contribution in [2.24, 2.45) is 11.7 Å². The summed E-state index contributed by atoms with van der Waals surface area (Å²) in [5, 5.41) is 15.4. The molecular weight excluding hydrogens is 276 g/mol. The van der Waals surface area contributed by atoms with Crippen molar-refractivity contribution in [3.05, 3.63) is 34.4 Å². The number of nitrogens with one attached hydrogen (secondary N) is 2. The van der Waals surface area contributed by atoms with Crippen LogP contribution in [-0.4, -0.2) is 29.3 Å². The Morgan fingerprint density at radius 2 is 1.86 bits per heavy atom. The Labute approximate surface area is 121 Å². The van der Waals surface area contributed by atoms with Gasteiger partial charge in [0.1, 0.15) is 0 Å². The summed E-state index contributed by atoms with van der Waals surface area (Å²) in [5.74, 6) is -0.861. The summed E-state index contributed by atoms with van der Waals surface area (Å²) in [6.07, 6.45) is 0. The zero-order valence-corrected chi connectivity index (χ0v) is 11.8. The van der Waals surface area contributed by atoms with E-state index in [1.807, 2.05) is 0 Å². The van der Waals surface area contributed by atoms with Gasteiger partial charge in [-0.15, -0.1) is 0 Å². The van der Waals surface area contributed by atoms with Crippen molar-refractivity contribution in [2.45, 2.75) is 19.9 Å². The molecule has 0 heterocycles. The van der Waals surface area contributed by atoms with E-state index in [0.29, 0.717) is 5.69 Å². The molecule has 8 nitrogen and oxygen atoms in total. The molecule has 1 aromatic carbocycles. The van der Waals surface area contributed by atoms with Gasteiger partial charge in [0.25, 0.3) is 5.69 Å². The van der Waals surface area contributed by atoms with Crippen LogP contribution in [0.1, 0.15) is 13.8 Å². The van der Waals surface area contributed by atoms with Gasteiger partial charge in [-0.1, -0.05) is 13.8 Å². The highest BCUT2D eigenvalue weighted by Crippen LogP contribution is 2.15. The second-order valence-corrected chi connectivity index (χ2v) is 4.84. The molecule has 0 radical (unpaired) electrons. The summed E-state index contributed by atoms with van der Waals surface area (Å²) in [4.78, 5) is 33.2. The first-order valence-electron chi connectivity index (χ1n) is 6.39. The first kappa shape index (κ1) is 16.6. The number of anilines is 1. The van der Waals surface area contributed by atoms with Crippen LogP contribution >= 0.6 is 0 Å². The Morgan fingerprint density at radius 1 is 1.29 bits per heavy atom. The molecule has 0 aromatic heterocycles. The summed E-state index contributed by atoms with van der Waals surface area (Å²) in [7, 11) is 0. The molecule has 0 fully saturated rings. The van der Waals surface area contributed by atoms with Gasteiger partial charge in [0.05, 0.1) is 17.5 Å². The molecule has 0 saturated heterocycles. The number of rotatable bonds is 6. The molecule has 0 bridgehead atoms. The maximum Gasteiger partial charge on any atom is 0.269 e. The van der Waals surface area contributed by atoms with Crippen LogP contribution in [0.3, 0.4) is 0 Å². The lowest BCUT2D eigenvalue weighted by Gasteiger charge is -2.15. The minimum Gasteiger partial charge on any atom is -0.346 e. The molecule has 114 valence electrons. The average Bonchev–Trinajstić information content (AvgIpc) is 2.44. The molecule has 4 N–H and O–H groups in total. The molecule has 21 heavy (non-hydrogen) atoms. The number of hydrogen-bond acceptors (Lipinski definition) is 5. The highest BCUT2D eigenvalue weighted by molar-refractivity contribution is 5.95. The van der Waals surface area contributed by atoms with Gasteiger partial charge in [0.15, 0.2) is 0 Å². The monoisotopic (exact) mass is 294 g/mol. The van der Waals surface area contributed by atoms with Crippen LogP contribution in [0.4, 0.5) is 11.4 Å². The summed E-state index contributed by atoms with van der Waals surface area (Å²) in [6.45, 7) is 3.40. The van der Waals surface area contributed by atoms with E-state index in [1.165, 1.54) is 24.3 Å². The fourth-order valence-electron chi connectivity index (χ4n) is 1.46. The molecule has 0 unspecified atom stereocenters. The Kier molecular flexibility index (Phi) is 5.79. The van der Waals surface area contributed by atoms with Gasteiger partial charge in [-0.3, -0.25) is 19.7 Å².